The first-order valence-electron chi connectivity index (χ1n) is 7.96. The Kier molecular flexibility index (Phi) is 4.96. The molecule has 25 heavy (non-hydrogen) atoms. The summed E-state index contributed by atoms with van der Waals surface area (Å²) in [5.74, 6) is 0.452. The lowest BCUT2D eigenvalue weighted by molar-refractivity contribution is 0.386. The molecule has 0 bridgehead atoms. The molecule has 134 valence electrons. The molecule has 0 spiro atoms. The molecule has 3 rings (SSSR count). The van der Waals surface area contributed by atoms with E-state index in [1.807, 2.05) is 0 Å². The van der Waals surface area contributed by atoms with Gasteiger partial charge in [0.2, 0.25) is 10.0 Å². The molecule has 2 aromatic carbocycles. The van der Waals surface area contributed by atoms with Crippen LogP contribution in [-0.2, 0) is 10.0 Å². The summed E-state index contributed by atoms with van der Waals surface area (Å²) in [4.78, 5) is 0.128. The summed E-state index contributed by atoms with van der Waals surface area (Å²) in [5, 5.41) is 0. The van der Waals surface area contributed by atoms with Crippen molar-refractivity contribution in [2.45, 2.75) is 17.7 Å². The Morgan fingerprint density at radius 3 is 2.40 bits per heavy atom. The number of sulfonamides is 1. The van der Waals surface area contributed by atoms with Crippen LogP contribution in [0.25, 0.3) is 11.1 Å². The zero-order valence-electron chi connectivity index (χ0n) is 14.1. The van der Waals surface area contributed by atoms with Crippen LogP contribution in [0.15, 0.2) is 41.3 Å². The van der Waals surface area contributed by atoms with Crippen molar-refractivity contribution in [3.8, 4) is 22.6 Å². The molecule has 2 aromatic rings. The highest BCUT2D eigenvalue weighted by molar-refractivity contribution is 7.89. The van der Waals surface area contributed by atoms with Gasteiger partial charge in [-0.2, -0.15) is 0 Å². The van der Waals surface area contributed by atoms with E-state index in [9.17, 15) is 12.8 Å². The Morgan fingerprint density at radius 2 is 1.80 bits per heavy atom. The van der Waals surface area contributed by atoms with Gasteiger partial charge in [0.25, 0.3) is 0 Å². The van der Waals surface area contributed by atoms with Crippen molar-refractivity contribution in [1.29, 1.82) is 0 Å². The fraction of sp³-hybridized carbons (Fsp3) is 0.333. The van der Waals surface area contributed by atoms with E-state index >= 15 is 0 Å². The first-order valence-corrected chi connectivity index (χ1v) is 9.44. The summed E-state index contributed by atoms with van der Waals surface area (Å²) in [7, 11) is -0.743. The van der Waals surface area contributed by atoms with Crippen molar-refractivity contribution in [2.75, 3.05) is 20.8 Å². The maximum absolute atomic E-state index is 14.0. The summed E-state index contributed by atoms with van der Waals surface area (Å²) in [6.07, 6.45) is 2.13. The Labute approximate surface area is 146 Å². The van der Waals surface area contributed by atoms with Crippen LogP contribution in [0.5, 0.6) is 11.5 Å². The maximum atomic E-state index is 14.0. The number of rotatable bonds is 7. The predicted octanol–water partition coefficient (Wildman–Crippen LogP) is 3.20. The molecule has 1 fully saturated rings. The van der Waals surface area contributed by atoms with Crippen LogP contribution >= 0.6 is 0 Å². The van der Waals surface area contributed by atoms with Gasteiger partial charge in [-0.25, -0.2) is 17.5 Å². The van der Waals surface area contributed by atoms with Gasteiger partial charge in [0, 0.05) is 18.2 Å². The fourth-order valence-corrected chi connectivity index (χ4v) is 3.68. The van der Waals surface area contributed by atoms with Crippen molar-refractivity contribution in [3.05, 3.63) is 42.2 Å². The first-order chi connectivity index (χ1) is 11.9. The highest BCUT2D eigenvalue weighted by Crippen LogP contribution is 2.34. The number of benzene rings is 2. The second-order valence-corrected chi connectivity index (χ2v) is 7.77. The Hall–Kier alpha value is -2.12. The summed E-state index contributed by atoms with van der Waals surface area (Å²) >= 11 is 0. The van der Waals surface area contributed by atoms with E-state index in [-0.39, 0.29) is 10.6 Å². The largest absolute Gasteiger partial charge is 0.496 e. The van der Waals surface area contributed by atoms with Crippen molar-refractivity contribution in [2.24, 2.45) is 5.92 Å². The van der Waals surface area contributed by atoms with Crippen LogP contribution in [-0.4, -0.2) is 29.2 Å². The molecule has 1 N–H and O–H groups in total. The van der Waals surface area contributed by atoms with E-state index in [2.05, 4.69) is 4.72 Å². The molecule has 0 atom stereocenters. The summed E-state index contributed by atoms with van der Waals surface area (Å²) in [6.45, 7) is 0.454. The molecule has 0 saturated heterocycles. The van der Waals surface area contributed by atoms with Crippen molar-refractivity contribution >= 4 is 10.0 Å². The van der Waals surface area contributed by atoms with Gasteiger partial charge in [0.05, 0.1) is 19.1 Å². The van der Waals surface area contributed by atoms with Gasteiger partial charge in [-0.05, 0) is 48.6 Å². The summed E-state index contributed by atoms with van der Waals surface area (Å²) < 4.78 is 51.5. The van der Waals surface area contributed by atoms with E-state index in [0.29, 0.717) is 29.3 Å². The van der Waals surface area contributed by atoms with Crippen LogP contribution in [0.4, 0.5) is 4.39 Å². The molecule has 1 aliphatic carbocycles. The lowest BCUT2D eigenvalue weighted by Gasteiger charge is -2.13. The van der Waals surface area contributed by atoms with Gasteiger partial charge >= 0.3 is 0 Å². The lowest BCUT2D eigenvalue weighted by atomic mass is 10.0. The van der Waals surface area contributed by atoms with Gasteiger partial charge < -0.3 is 9.47 Å². The van der Waals surface area contributed by atoms with Crippen molar-refractivity contribution in [3.63, 3.8) is 0 Å². The highest BCUT2D eigenvalue weighted by atomic mass is 32.2. The quantitative estimate of drug-likeness (QED) is 0.818. The zero-order valence-corrected chi connectivity index (χ0v) is 14.9. The van der Waals surface area contributed by atoms with Crippen molar-refractivity contribution < 1.29 is 22.3 Å². The molecule has 5 nitrogen and oxygen atoms in total. The molecule has 0 amide bonds. The minimum Gasteiger partial charge on any atom is -0.496 e. The van der Waals surface area contributed by atoms with Gasteiger partial charge in [-0.1, -0.05) is 6.07 Å². The Balaban J connectivity index is 1.92. The predicted molar refractivity (Wildman–Crippen MR) is 92.9 cm³/mol. The van der Waals surface area contributed by atoms with Crippen LogP contribution in [0, 0.1) is 11.7 Å². The van der Waals surface area contributed by atoms with Crippen LogP contribution in [0.3, 0.4) is 0 Å². The van der Waals surface area contributed by atoms with Gasteiger partial charge in [0.15, 0.2) is 11.6 Å². The topological polar surface area (TPSA) is 64.6 Å². The Bertz CT molecular complexity index is 879. The Morgan fingerprint density at radius 1 is 1.08 bits per heavy atom. The smallest absolute Gasteiger partial charge is 0.240 e. The standard InChI is InChI=1S/C18H20FNO4S/c1-23-17-8-5-13(9-16(17)19)15-7-6-14(10-18(15)24-2)25(21,22)20-11-12-3-4-12/h5-10,12,20H,3-4,11H2,1-2H3. The monoisotopic (exact) mass is 365 g/mol. The van der Waals surface area contributed by atoms with E-state index < -0.39 is 15.8 Å². The zero-order chi connectivity index (χ0) is 18.0. The van der Waals surface area contributed by atoms with Crippen LogP contribution in [0.2, 0.25) is 0 Å². The molecule has 0 aliphatic heterocycles. The molecular formula is C18H20FNO4S. The third-order valence-corrected chi connectivity index (χ3v) is 5.63. The SMILES string of the molecule is COc1ccc(-c2ccc(S(=O)(=O)NCC3CC3)cc2OC)cc1F. The minimum atomic E-state index is -3.59. The molecule has 7 heteroatoms. The number of halogens is 1. The van der Waals surface area contributed by atoms with Crippen LogP contribution < -0.4 is 14.2 Å². The van der Waals surface area contributed by atoms with Crippen LogP contribution in [0.1, 0.15) is 12.8 Å². The number of hydrogen-bond donors (Lipinski definition) is 1. The summed E-state index contributed by atoms with van der Waals surface area (Å²) in [6, 6.07) is 9.11. The molecule has 0 unspecified atom stereocenters. The number of methoxy groups -OCH3 is 2. The molecule has 0 heterocycles. The van der Waals surface area contributed by atoms with E-state index in [1.165, 1.54) is 38.5 Å². The van der Waals surface area contributed by atoms with Crippen molar-refractivity contribution in [1.82, 2.24) is 4.72 Å². The second-order valence-electron chi connectivity index (χ2n) is 6.01. The molecule has 1 aliphatic rings. The fourth-order valence-electron chi connectivity index (χ4n) is 2.54. The van der Waals surface area contributed by atoms with Gasteiger partial charge in [-0.3, -0.25) is 0 Å². The lowest BCUT2D eigenvalue weighted by Crippen LogP contribution is -2.25. The number of nitrogens with one attached hydrogen (secondary N) is 1. The van der Waals surface area contributed by atoms with E-state index in [1.54, 1.807) is 12.1 Å². The van der Waals surface area contributed by atoms with Gasteiger partial charge in [-0.15, -0.1) is 0 Å². The maximum Gasteiger partial charge on any atom is 0.240 e. The molecule has 0 radical (unpaired) electrons. The average Bonchev–Trinajstić information content (AvgIpc) is 3.44. The number of ether oxygens (including phenoxy) is 2. The second kappa shape index (κ2) is 7.01. The van der Waals surface area contributed by atoms with E-state index in [0.717, 1.165) is 12.8 Å². The summed E-state index contributed by atoms with van der Waals surface area (Å²) in [5.41, 5.74) is 1.18. The minimum absolute atomic E-state index is 0.128. The number of hydrogen-bond acceptors (Lipinski definition) is 4. The third kappa shape index (κ3) is 3.93. The first kappa shape index (κ1) is 17.7. The molecule has 1 saturated carbocycles. The average molecular weight is 365 g/mol. The van der Waals surface area contributed by atoms with E-state index in [4.69, 9.17) is 9.47 Å². The molecule has 0 aromatic heterocycles. The third-order valence-electron chi connectivity index (χ3n) is 4.21. The van der Waals surface area contributed by atoms with Gasteiger partial charge in [0.1, 0.15) is 5.75 Å². The highest BCUT2D eigenvalue weighted by Gasteiger charge is 2.25. The molecular weight excluding hydrogens is 345 g/mol. The normalized spacial score (nSPS) is 14.4.